The van der Waals surface area contributed by atoms with Crippen LogP contribution in [-0.4, -0.2) is 24.2 Å². The molecule has 1 aromatic rings. The molecule has 5 heteroatoms. The van der Waals surface area contributed by atoms with Gasteiger partial charge in [0.1, 0.15) is 5.75 Å². The summed E-state index contributed by atoms with van der Waals surface area (Å²) in [6.07, 6.45) is -1.07. The van der Waals surface area contributed by atoms with Gasteiger partial charge in [0.25, 0.3) is 0 Å². The number of hydrogen-bond donors (Lipinski definition) is 1. The fraction of sp³-hybridized carbons (Fsp3) is 0.200. The SMILES string of the molecule is [2H]C([2H])([2H])NC(=O)Oc1ccc(C(=O)CBr)cc1. The predicted molar refractivity (Wildman–Crippen MR) is 59.7 cm³/mol. The lowest BCUT2D eigenvalue weighted by Crippen LogP contribution is -2.22. The van der Waals surface area contributed by atoms with Crippen LogP contribution in [0.4, 0.5) is 4.79 Å². The summed E-state index contributed by atoms with van der Waals surface area (Å²) in [5.41, 5.74) is 0.468. The molecule has 0 saturated carbocycles. The maximum absolute atomic E-state index is 11.3. The first-order valence-corrected chi connectivity index (χ1v) is 5.13. The molecule has 0 heterocycles. The maximum atomic E-state index is 11.3. The minimum absolute atomic E-state index is 0.103. The van der Waals surface area contributed by atoms with Crippen LogP contribution in [0.15, 0.2) is 24.3 Å². The highest BCUT2D eigenvalue weighted by Gasteiger charge is 2.05. The van der Waals surface area contributed by atoms with E-state index in [0.29, 0.717) is 5.56 Å². The molecule has 0 atom stereocenters. The molecular formula is C10H10BrNO3. The highest BCUT2D eigenvalue weighted by atomic mass is 79.9. The number of benzene rings is 1. The molecule has 0 bridgehead atoms. The number of ketones is 1. The van der Waals surface area contributed by atoms with Crippen LogP contribution in [0.2, 0.25) is 0 Å². The lowest BCUT2D eigenvalue weighted by molar-refractivity contribution is 0.102. The number of Topliss-reactive ketones (excluding diaryl/α,β-unsaturated/α-hetero) is 1. The second-order valence-electron chi connectivity index (χ2n) is 2.60. The van der Waals surface area contributed by atoms with Crippen molar-refractivity contribution in [3.63, 3.8) is 0 Å². The Morgan fingerprint density at radius 2 is 2.13 bits per heavy atom. The quantitative estimate of drug-likeness (QED) is 0.678. The monoisotopic (exact) mass is 274 g/mol. The van der Waals surface area contributed by atoms with Crippen molar-refractivity contribution < 1.29 is 18.4 Å². The molecule has 1 aromatic carbocycles. The van der Waals surface area contributed by atoms with Gasteiger partial charge in [0.2, 0.25) is 0 Å². The number of ether oxygens (including phenoxy) is 1. The van der Waals surface area contributed by atoms with Crippen LogP contribution in [0.5, 0.6) is 5.75 Å². The van der Waals surface area contributed by atoms with Gasteiger partial charge in [-0.3, -0.25) is 4.79 Å². The van der Waals surface area contributed by atoms with Gasteiger partial charge in [-0.25, -0.2) is 4.79 Å². The number of hydrogen-bond acceptors (Lipinski definition) is 3. The molecule has 0 saturated heterocycles. The van der Waals surface area contributed by atoms with Crippen molar-refractivity contribution in [2.45, 2.75) is 0 Å². The molecular weight excluding hydrogens is 262 g/mol. The summed E-state index contributed by atoms with van der Waals surface area (Å²) in [6, 6.07) is 5.80. The lowest BCUT2D eigenvalue weighted by Gasteiger charge is -2.03. The van der Waals surface area contributed by atoms with Crippen molar-refractivity contribution in [2.24, 2.45) is 0 Å². The van der Waals surface area contributed by atoms with Gasteiger partial charge in [0.15, 0.2) is 5.78 Å². The summed E-state index contributed by atoms with van der Waals surface area (Å²) < 4.78 is 25.2. The van der Waals surface area contributed by atoms with E-state index < -0.39 is 13.1 Å². The summed E-state index contributed by atoms with van der Waals surface area (Å²) >= 11 is 3.04. The number of halogens is 1. The Bertz CT molecular complexity index is 445. The van der Waals surface area contributed by atoms with Crippen LogP contribution < -0.4 is 10.1 Å². The van der Waals surface area contributed by atoms with Crippen molar-refractivity contribution in [1.82, 2.24) is 5.32 Å². The van der Waals surface area contributed by atoms with Crippen molar-refractivity contribution in [3.05, 3.63) is 29.8 Å². The number of rotatable bonds is 3. The van der Waals surface area contributed by atoms with E-state index in [4.69, 9.17) is 8.85 Å². The third-order valence-electron chi connectivity index (χ3n) is 1.61. The van der Waals surface area contributed by atoms with Crippen LogP contribution in [0, 0.1) is 0 Å². The first-order valence-electron chi connectivity index (χ1n) is 5.51. The number of nitrogens with one attached hydrogen (secondary N) is 1. The van der Waals surface area contributed by atoms with E-state index in [0.717, 1.165) is 0 Å². The van der Waals surface area contributed by atoms with E-state index in [2.05, 4.69) is 15.9 Å². The van der Waals surface area contributed by atoms with E-state index >= 15 is 0 Å². The van der Waals surface area contributed by atoms with Crippen molar-refractivity contribution in [1.29, 1.82) is 0 Å². The molecule has 4 nitrogen and oxygen atoms in total. The molecule has 0 fully saturated rings. The third-order valence-corrected chi connectivity index (χ3v) is 2.12. The summed E-state index contributed by atoms with van der Waals surface area (Å²) in [4.78, 5) is 22.4. The Labute approximate surface area is 100.0 Å². The van der Waals surface area contributed by atoms with Crippen LogP contribution in [0.3, 0.4) is 0 Å². The average Bonchev–Trinajstić information content (AvgIpc) is 2.26. The van der Waals surface area contributed by atoms with Gasteiger partial charge in [-0.1, -0.05) is 15.9 Å². The molecule has 15 heavy (non-hydrogen) atoms. The van der Waals surface area contributed by atoms with E-state index in [1.807, 2.05) is 0 Å². The van der Waals surface area contributed by atoms with Crippen LogP contribution >= 0.6 is 15.9 Å². The molecule has 1 rings (SSSR count). The zero-order chi connectivity index (χ0) is 13.8. The molecule has 0 unspecified atom stereocenters. The fourth-order valence-corrected chi connectivity index (χ4v) is 1.24. The Kier molecular flexibility index (Phi) is 2.89. The normalized spacial score (nSPS) is 13.3. The average molecular weight is 275 g/mol. The number of carbonyl (C=O) groups is 2. The number of alkyl halides is 1. The van der Waals surface area contributed by atoms with Gasteiger partial charge in [-0.05, 0) is 24.3 Å². The molecule has 0 radical (unpaired) electrons. The van der Waals surface area contributed by atoms with E-state index in [1.165, 1.54) is 24.3 Å². The van der Waals surface area contributed by atoms with Crippen LogP contribution in [0.25, 0.3) is 0 Å². The third kappa shape index (κ3) is 3.36. The summed E-state index contributed by atoms with van der Waals surface area (Å²) in [6.45, 7) is -2.59. The zero-order valence-corrected chi connectivity index (χ0v) is 9.21. The second kappa shape index (κ2) is 5.50. The molecule has 0 aromatic heterocycles. The molecule has 80 valence electrons. The van der Waals surface area contributed by atoms with Crippen molar-refractivity contribution in [2.75, 3.05) is 12.3 Å². The lowest BCUT2D eigenvalue weighted by atomic mass is 10.1. The number of carbonyl (C=O) groups excluding carboxylic acids is 2. The summed E-state index contributed by atoms with van der Waals surface area (Å²) in [5.74, 6) is 0.0522. The zero-order valence-electron chi connectivity index (χ0n) is 10.6. The highest BCUT2D eigenvalue weighted by molar-refractivity contribution is 9.09. The molecule has 1 N–H and O–H groups in total. The Hall–Kier alpha value is -1.36. The minimum atomic E-state index is -2.59. The highest BCUT2D eigenvalue weighted by Crippen LogP contribution is 2.13. The van der Waals surface area contributed by atoms with Gasteiger partial charge in [-0.2, -0.15) is 0 Å². The van der Waals surface area contributed by atoms with E-state index in [1.54, 1.807) is 5.32 Å². The first-order chi connectivity index (χ1) is 8.31. The van der Waals surface area contributed by atoms with Crippen molar-refractivity contribution >= 4 is 27.8 Å². The Balaban J connectivity index is 2.64. The van der Waals surface area contributed by atoms with E-state index in [-0.39, 0.29) is 16.9 Å². The van der Waals surface area contributed by atoms with Gasteiger partial charge in [-0.15, -0.1) is 0 Å². The molecule has 0 aliphatic carbocycles. The largest absolute Gasteiger partial charge is 0.412 e. The standard InChI is InChI=1S/C10H10BrNO3/c1-12-10(14)15-8-4-2-7(3-5-8)9(13)6-11/h2-5H,6H2,1H3,(H,12,14)/i1D3. The molecule has 0 spiro atoms. The summed E-state index contributed by atoms with van der Waals surface area (Å²) in [5, 5.41) is 1.88. The molecule has 0 aliphatic heterocycles. The van der Waals surface area contributed by atoms with Crippen molar-refractivity contribution in [3.8, 4) is 5.75 Å². The van der Waals surface area contributed by atoms with Gasteiger partial charge >= 0.3 is 6.09 Å². The second-order valence-corrected chi connectivity index (χ2v) is 3.16. The minimum Gasteiger partial charge on any atom is -0.410 e. The summed E-state index contributed by atoms with van der Waals surface area (Å²) in [7, 11) is 0. The molecule has 1 amide bonds. The molecule has 0 aliphatic rings. The maximum Gasteiger partial charge on any atom is 0.412 e. The first kappa shape index (κ1) is 7.87. The van der Waals surface area contributed by atoms with Gasteiger partial charge in [0, 0.05) is 16.7 Å². The smallest absolute Gasteiger partial charge is 0.410 e. The Morgan fingerprint density at radius 1 is 1.47 bits per heavy atom. The van der Waals surface area contributed by atoms with E-state index in [9.17, 15) is 9.59 Å². The fourth-order valence-electron chi connectivity index (χ4n) is 0.919. The van der Waals surface area contributed by atoms with Gasteiger partial charge < -0.3 is 10.1 Å². The number of amides is 1. The van der Waals surface area contributed by atoms with Crippen LogP contribution in [0.1, 0.15) is 14.5 Å². The predicted octanol–water partition coefficient (Wildman–Crippen LogP) is 1.98. The van der Waals surface area contributed by atoms with Gasteiger partial charge in [0.05, 0.1) is 5.33 Å². The van der Waals surface area contributed by atoms with Crippen LogP contribution in [-0.2, 0) is 0 Å². The Morgan fingerprint density at radius 3 is 2.67 bits per heavy atom. The topological polar surface area (TPSA) is 55.4 Å².